The molecular formula is C13H14N4OS. The third-order valence-corrected chi connectivity index (χ3v) is 3.38. The number of hydrogen-bond donors (Lipinski definition) is 1. The molecule has 2 aromatic heterocycles. The molecule has 0 bridgehead atoms. The highest BCUT2D eigenvalue weighted by Gasteiger charge is 2.07. The van der Waals surface area contributed by atoms with Gasteiger partial charge in [0.1, 0.15) is 0 Å². The summed E-state index contributed by atoms with van der Waals surface area (Å²) in [6.45, 7) is 4.59. The summed E-state index contributed by atoms with van der Waals surface area (Å²) < 4.78 is 7.75. The highest BCUT2D eigenvalue weighted by Crippen LogP contribution is 2.16. The van der Waals surface area contributed by atoms with E-state index in [2.05, 4.69) is 44.8 Å². The summed E-state index contributed by atoms with van der Waals surface area (Å²) in [6, 6.07) is 6.26. The van der Waals surface area contributed by atoms with Crippen molar-refractivity contribution in [2.45, 2.75) is 26.8 Å². The predicted octanol–water partition coefficient (Wildman–Crippen LogP) is 2.94. The van der Waals surface area contributed by atoms with Crippen LogP contribution >= 0.6 is 12.2 Å². The lowest BCUT2D eigenvalue weighted by atomic mass is 10.2. The summed E-state index contributed by atoms with van der Waals surface area (Å²) >= 11 is 5.36. The first-order valence-electron chi connectivity index (χ1n) is 6.12. The first-order chi connectivity index (χ1) is 9.13. The summed E-state index contributed by atoms with van der Waals surface area (Å²) in [5.41, 5.74) is 3.38. The van der Waals surface area contributed by atoms with Crippen LogP contribution in [0.1, 0.15) is 17.3 Å². The number of nitrogens with one attached hydrogen (secondary N) is 1. The fourth-order valence-corrected chi connectivity index (χ4v) is 2.45. The molecule has 0 amide bonds. The lowest BCUT2D eigenvalue weighted by molar-refractivity contribution is 0.386. The van der Waals surface area contributed by atoms with Crippen LogP contribution in [0.3, 0.4) is 0 Å². The van der Waals surface area contributed by atoms with Gasteiger partial charge in [-0.2, -0.15) is 4.98 Å². The normalized spacial score (nSPS) is 11.3. The topological polar surface area (TPSA) is 59.6 Å². The summed E-state index contributed by atoms with van der Waals surface area (Å²) in [4.78, 5) is 7.42. The van der Waals surface area contributed by atoms with Crippen molar-refractivity contribution < 1.29 is 4.52 Å². The van der Waals surface area contributed by atoms with E-state index < -0.39 is 0 Å². The van der Waals surface area contributed by atoms with E-state index in [1.807, 2.05) is 0 Å². The summed E-state index contributed by atoms with van der Waals surface area (Å²) in [6.07, 6.45) is 0.701. The van der Waals surface area contributed by atoms with Crippen LogP contribution in [0.15, 0.2) is 22.7 Å². The van der Waals surface area contributed by atoms with Gasteiger partial charge < -0.3 is 14.1 Å². The van der Waals surface area contributed by atoms with Crippen LogP contribution < -0.4 is 0 Å². The van der Waals surface area contributed by atoms with E-state index in [0.29, 0.717) is 18.1 Å². The molecular weight excluding hydrogens is 260 g/mol. The van der Waals surface area contributed by atoms with Crippen molar-refractivity contribution in [3.8, 4) is 0 Å². The molecule has 0 radical (unpaired) electrons. The molecule has 2 heterocycles. The van der Waals surface area contributed by atoms with E-state index in [-0.39, 0.29) is 0 Å². The second kappa shape index (κ2) is 4.62. The Hall–Kier alpha value is -1.95. The molecule has 0 aliphatic heterocycles. The van der Waals surface area contributed by atoms with Crippen molar-refractivity contribution in [3.63, 3.8) is 0 Å². The first kappa shape index (κ1) is 12.1. The quantitative estimate of drug-likeness (QED) is 0.746. The molecule has 0 unspecified atom stereocenters. The average Bonchev–Trinajstić information content (AvgIpc) is 2.89. The molecule has 0 aliphatic carbocycles. The van der Waals surface area contributed by atoms with Crippen LogP contribution in [0.25, 0.3) is 11.0 Å². The number of aryl methyl sites for hydroxylation is 4. The van der Waals surface area contributed by atoms with Gasteiger partial charge in [-0.3, -0.25) is 0 Å². The number of imidazole rings is 1. The molecule has 0 aliphatic rings. The van der Waals surface area contributed by atoms with Gasteiger partial charge in [0.05, 0.1) is 11.0 Å². The number of aromatic amines is 1. The Morgan fingerprint density at radius 3 is 2.95 bits per heavy atom. The minimum Gasteiger partial charge on any atom is -0.340 e. The second-order valence-electron chi connectivity index (χ2n) is 4.58. The van der Waals surface area contributed by atoms with Gasteiger partial charge in [-0.1, -0.05) is 11.2 Å². The van der Waals surface area contributed by atoms with Crippen LogP contribution in [0, 0.1) is 18.6 Å². The molecule has 0 saturated heterocycles. The Balaban J connectivity index is 1.92. The molecule has 0 spiro atoms. The summed E-state index contributed by atoms with van der Waals surface area (Å²) in [5.74, 6) is 1.30. The number of fused-ring (bicyclic) bond motifs is 1. The predicted molar refractivity (Wildman–Crippen MR) is 74.6 cm³/mol. The van der Waals surface area contributed by atoms with E-state index in [1.54, 1.807) is 6.92 Å². The van der Waals surface area contributed by atoms with Gasteiger partial charge in [0.25, 0.3) is 0 Å². The van der Waals surface area contributed by atoms with Gasteiger partial charge in [0.15, 0.2) is 10.6 Å². The van der Waals surface area contributed by atoms with E-state index in [0.717, 1.165) is 22.3 Å². The molecule has 5 nitrogen and oxygen atoms in total. The number of aromatic nitrogens is 4. The Morgan fingerprint density at radius 2 is 2.21 bits per heavy atom. The van der Waals surface area contributed by atoms with E-state index >= 15 is 0 Å². The molecule has 1 aromatic carbocycles. The molecule has 0 atom stereocenters. The van der Waals surface area contributed by atoms with Crippen molar-refractivity contribution in [1.82, 2.24) is 19.7 Å². The average molecular weight is 274 g/mol. The number of H-pyrrole nitrogens is 1. The maximum absolute atomic E-state index is 5.36. The summed E-state index contributed by atoms with van der Waals surface area (Å²) in [5, 5.41) is 3.90. The Bertz CT molecular complexity index is 783. The smallest absolute Gasteiger partial charge is 0.223 e. The highest BCUT2D eigenvalue weighted by atomic mass is 32.1. The third kappa shape index (κ3) is 2.31. The van der Waals surface area contributed by atoms with Gasteiger partial charge in [-0.05, 0) is 36.8 Å². The molecule has 3 aromatic rings. The van der Waals surface area contributed by atoms with Gasteiger partial charge in [0, 0.05) is 19.9 Å². The molecule has 19 heavy (non-hydrogen) atoms. The Labute approximate surface area is 115 Å². The van der Waals surface area contributed by atoms with Crippen LogP contribution in [0.4, 0.5) is 0 Å². The zero-order chi connectivity index (χ0) is 13.4. The molecule has 1 N–H and O–H groups in total. The fraction of sp³-hybridized carbons (Fsp3) is 0.308. The van der Waals surface area contributed by atoms with Crippen molar-refractivity contribution in [1.29, 1.82) is 0 Å². The van der Waals surface area contributed by atoms with Crippen LogP contribution in [-0.4, -0.2) is 19.7 Å². The van der Waals surface area contributed by atoms with Gasteiger partial charge in [-0.25, -0.2) is 0 Å². The lowest BCUT2D eigenvalue weighted by Gasteiger charge is -2.02. The fourth-order valence-electron chi connectivity index (χ4n) is 2.15. The maximum Gasteiger partial charge on any atom is 0.223 e. The lowest BCUT2D eigenvalue weighted by Crippen LogP contribution is -2.02. The zero-order valence-electron chi connectivity index (χ0n) is 10.8. The zero-order valence-corrected chi connectivity index (χ0v) is 11.6. The van der Waals surface area contributed by atoms with Crippen molar-refractivity contribution >= 4 is 23.3 Å². The van der Waals surface area contributed by atoms with E-state index in [1.165, 1.54) is 5.56 Å². The highest BCUT2D eigenvalue weighted by molar-refractivity contribution is 7.71. The van der Waals surface area contributed by atoms with E-state index in [4.69, 9.17) is 16.7 Å². The molecule has 0 fully saturated rings. The first-order valence-corrected chi connectivity index (χ1v) is 6.52. The monoisotopic (exact) mass is 274 g/mol. The SMILES string of the molecule is Cc1ccc2c(c1)[nH]c(=S)n2CCc1noc(C)n1. The van der Waals surface area contributed by atoms with Gasteiger partial charge in [0.2, 0.25) is 5.89 Å². The number of nitrogens with zero attached hydrogens (tertiary/aromatic N) is 3. The van der Waals surface area contributed by atoms with Crippen LogP contribution in [0.2, 0.25) is 0 Å². The minimum absolute atomic E-state index is 0.591. The van der Waals surface area contributed by atoms with Crippen LogP contribution in [-0.2, 0) is 13.0 Å². The Morgan fingerprint density at radius 1 is 1.37 bits per heavy atom. The van der Waals surface area contributed by atoms with Gasteiger partial charge >= 0.3 is 0 Å². The maximum atomic E-state index is 5.36. The van der Waals surface area contributed by atoms with E-state index in [9.17, 15) is 0 Å². The minimum atomic E-state index is 0.591. The van der Waals surface area contributed by atoms with Crippen LogP contribution in [0.5, 0.6) is 0 Å². The van der Waals surface area contributed by atoms with Crippen molar-refractivity contribution in [2.75, 3.05) is 0 Å². The van der Waals surface area contributed by atoms with Gasteiger partial charge in [-0.15, -0.1) is 0 Å². The molecule has 98 valence electrons. The molecule has 6 heteroatoms. The number of hydrogen-bond acceptors (Lipinski definition) is 4. The number of rotatable bonds is 3. The largest absolute Gasteiger partial charge is 0.340 e. The third-order valence-electron chi connectivity index (χ3n) is 3.06. The summed E-state index contributed by atoms with van der Waals surface area (Å²) in [7, 11) is 0. The molecule has 0 saturated carbocycles. The van der Waals surface area contributed by atoms with Crippen molar-refractivity contribution in [3.05, 3.63) is 40.2 Å². The Kier molecular flexibility index (Phi) is 2.94. The standard InChI is InChI=1S/C13H14N4OS/c1-8-3-4-11-10(7-8)15-13(19)17(11)6-5-12-14-9(2)18-16-12/h3-4,7H,5-6H2,1-2H3,(H,15,19). The van der Waals surface area contributed by atoms with Crippen molar-refractivity contribution in [2.24, 2.45) is 0 Å². The molecule has 3 rings (SSSR count). The second-order valence-corrected chi connectivity index (χ2v) is 4.97. The number of benzene rings is 1.